The number of hydrogen-bond donors (Lipinski definition) is 2. The molecule has 2 N–H and O–H groups in total. The van der Waals surface area contributed by atoms with Gasteiger partial charge in [0.05, 0.1) is 0 Å². The van der Waals surface area contributed by atoms with Gasteiger partial charge >= 0.3 is 0 Å². The van der Waals surface area contributed by atoms with Crippen LogP contribution in [0.5, 0.6) is 0 Å². The van der Waals surface area contributed by atoms with E-state index in [1.54, 1.807) is 0 Å². The fraction of sp³-hybridized carbons (Fsp3) is 0.750. The van der Waals surface area contributed by atoms with Crippen molar-refractivity contribution >= 4 is 11.8 Å². The molecule has 0 saturated heterocycles. The molecular formula is C16H26N4. The molecule has 1 aromatic rings. The van der Waals surface area contributed by atoms with Gasteiger partial charge in [-0.1, -0.05) is 13.3 Å². The molecule has 0 radical (unpaired) electrons. The van der Waals surface area contributed by atoms with Crippen molar-refractivity contribution in [2.45, 2.75) is 46.0 Å². The molecule has 2 aliphatic rings. The smallest absolute Gasteiger partial charge is 0.224 e. The zero-order valence-electron chi connectivity index (χ0n) is 12.7. The van der Waals surface area contributed by atoms with E-state index in [1.165, 1.54) is 25.7 Å². The third-order valence-corrected chi connectivity index (χ3v) is 4.82. The van der Waals surface area contributed by atoms with E-state index in [4.69, 9.17) is 0 Å². The van der Waals surface area contributed by atoms with E-state index >= 15 is 0 Å². The van der Waals surface area contributed by atoms with E-state index in [9.17, 15) is 0 Å². The van der Waals surface area contributed by atoms with Crippen molar-refractivity contribution in [1.82, 2.24) is 9.97 Å². The summed E-state index contributed by atoms with van der Waals surface area (Å²) in [5.74, 6) is 4.56. The molecule has 20 heavy (non-hydrogen) atoms. The lowest BCUT2D eigenvalue weighted by molar-refractivity contribution is 0.348. The number of fused-ring (bicyclic) bond motifs is 2. The molecule has 1 aromatic heterocycles. The highest BCUT2D eigenvalue weighted by Crippen LogP contribution is 2.48. The van der Waals surface area contributed by atoms with Crippen molar-refractivity contribution in [3.63, 3.8) is 0 Å². The van der Waals surface area contributed by atoms with Crippen molar-refractivity contribution in [1.29, 1.82) is 0 Å². The lowest BCUT2D eigenvalue weighted by Gasteiger charge is -2.22. The number of aryl methyl sites for hydroxylation is 1. The normalized spacial score (nSPS) is 27.8. The summed E-state index contributed by atoms with van der Waals surface area (Å²) >= 11 is 0. The zero-order chi connectivity index (χ0) is 13.9. The Labute approximate surface area is 121 Å². The molecule has 4 heteroatoms. The fourth-order valence-corrected chi connectivity index (χ4v) is 3.84. The maximum Gasteiger partial charge on any atom is 0.224 e. The number of rotatable bonds is 6. The molecule has 2 bridgehead atoms. The van der Waals surface area contributed by atoms with Gasteiger partial charge in [-0.2, -0.15) is 4.98 Å². The average molecular weight is 274 g/mol. The van der Waals surface area contributed by atoms with Gasteiger partial charge in [-0.25, -0.2) is 4.98 Å². The number of aromatic nitrogens is 2. The van der Waals surface area contributed by atoms with Crippen LogP contribution in [0.2, 0.25) is 0 Å². The minimum Gasteiger partial charge on any atom is -0.370 e. The molecule has 2 fully saturated rings. The molecule has 1 heterocycles. The second kappa shape index (κ2) is 5.98. The van der Waals surface area contributed by atoms with Crippen molar-refractivity contribution in [3.8, 4) is 0 Å². The molecule has 2 aliphatic carbocycles. The average Bonchev–Trinajstić information content (AvgIpc) is 3.05. The lowest BCUT2D eigenvalue weighted by Crippen LogP contribution is -2.21. The summed E-state index contributed by atoms with van der Waals surface area (Å²) in [4.78, 5) is 8.99. The molecule has 3 atom stereocenters. The second-order valence-electron chi connectivity index (χ2n) is 6.46. The van der Waals surface area contributed by atoms with Crippen molar-refractivity contribution in [2.24, 2.45) is 17.8 Å². The Balaban J connectivity index is 1.57. The minimum atomic E-state index is 0.752. The molecule has 3 rings (SSSR count). The quantitative estimate of drug-likeness (QED) is 0.834. The Hall–Kier alpha value is -1.32. The first-order valence-corrected chi connectivity index (χ1v) is 8.08. The van der Waals surface area contributed by atoms with Crippen molar-refractivity contribution in [2.75, 3.05) is 23.7 Å². The molecule has 0 aromatic carbocycles. The first kappa shape index (κ1) is 13.7. The van der Waals surface area contributed by atoms with Gasteiger partial charge in [0.25, 0.3) is 0 Å². The van der Waals surface area contributed by atoms with Crippen LogP contribution in [-0.2, 0) is 0 Å². The van der Waals surface area contributed by atoms with Crippen LogP contribution in [0, 0.1) is 24.7 Å². The van der Waals surface area contributed by atoms with E-state index in [1.807, 2.05) is 13.0 Å². The second-order valence-corrected chi connectivity index (χ2v) is 6.46. The van der Waals surface area contributed by atoms with E-state index in [0.717, 1.165) is 54.7 Å². The molecule has 0 amide bonds. The highest BCUT2D eigenvalue weighted by Gasteiger charge is 2.39. The standard InChI is InChI=1S/C16H26N4/c1-3-6-17-16-19-11(2)7-15(20-16)18-10-14-9-12-4-5-13(14)8-12/h7,12-14H,3-6,8-10H2,1-2H3,(H2,17,18,19,20). The maximum atomic E-state index is 4.56. The Morgan fingerprint density at radius 3 is 2.80 bits per heavy atom. The maximum absolute atomic E-state index is 4.56. The Morgan fingerprint density at radius 1 is 1.20 bits per heavy atom. The van der Waals surface area contributed by atoms with E-state index in [-0.39, 0.29) is 0 Å². The first-order valence-electron chi connectivity index (χ1n) is 8.08. The number of nitrogens with one attached hydrogen (secondary N) is 2. The first-order chi connectivity index (χ1) is 9.74. The third kappa shape index (κ3) is 3.05. The van der Waals surface area contributed by atoms with Crippen LogP contribution in [0.25, 0.3) is 0 Å². The van der Waals surface area contributed by atoms with Gasteiger partial charge in [0, 0.05) is 24.8 Å². The van der Waals surface area contributed by atoms with Gasteiger partial charge < -0.3 is 10.6 Å². The summed E-state index contributed by atoms with van der Waals surface area (Å²) in [5, 5.41) is 6.81. The molecule has 2 saturated carbocycles. The van der Waals surface area contributed by atoms with Crippen LogP contribution in [-0.4, -0.2) is 23.1 Å². The van der Waals surface area contributed by atoms with E-state index in [2.05, 4.69) is 27.5 Å². The van der Waals surface area contributed by atoms with E-state index < -0.39 is 0 Å². The Bertz CT molecular complexity index is 460. The monoisotopic (exact) mass is 274 g/mol. The molecule has 110 valence electrons. The van der Waals surface area contributed by atoms with Gasteiger partial charge in [0.15, 0.2) is 0 Å². The number of anilines is 2. The summed E-state index contributed by atoms with van der Waals surface area (Å²) in [6, 6.07) is 2.05. The lowest BCUT2D eigenvalue weighted by atomic mass is 9.89. The topological polar surface area (TPSA) is 49.8 Å². The van der Waals surface area contributed by atoms with Gasteiger partial charge in [-0.05, 0) is 50.4 Å². The largest absolute Gasteiger partial charge is 0.370 e. The third-order valence-electron chi connectivity index (χ3n) is 4.82. The number of hydrogen-bond acceptors (Lipinski definition) is 4. The molecule has 0 aliphatic heterocycles. The van der Waals surface area contributed by atoms with Crippen LogP contribution >= 0.6 is 0 Å². The zero-order valence-corrected chi connectivity index (χ0v) is 12.7. The van der Waals surface area contributed by atoms with Crippen LogP contribution in [0.1, 0.15) is 44.7 Å². The van der Waals surface area contributed by atoms with Crippen LogP contribution < -0.4 is 10.6 Å². The molecule has 4 nitrogen and oxygen atoms in total. The van der Waals surface area contributed by atoms with Crippen LogP contribution in [0.3, 0.4) is 0 Å². The highest BCUT2D eigenvalue weighted by atomic mass is 15.1. The minimum absolute atomic E-state index is 0.752. The van der Waals surface area contributed by atoms with Crippen molar-refractivity contribution < 1.29 is 0 Å². The number of nitrogens with zero attached hydrogens (tertiary/aromatic N) is 2. The Morgan fingerprint density at radius 2 is 2.10 bits per heavy atom. The predicted octanol–water partition coefficient (Wildman–Crippen LogP) is 3.46. The van der Waals surface area contributed by atoms with Gasteiger partial charge in [0.2, 0.25) is 5.95 Å². The van der Waals surface area contributed by atoms with Crippen LogP contribution in [0.4, 0.5) is 11.8 Å². The van der Waals surface area contributed by atoms with Crippen molar-refractivity contribution in [3.05, 3.63) is 11.8 Å². The fourth-order valence-electron chi connectivity index (χ4n) is 3.84. The van der Waals surface area contributed by atoms with Gasteiger partial charge in [0.1, 0.15) is 5.82 Å². The molecule has 3 unspecified atom stereocenters. The Kier molecular flexibility index (Phi) is 4.08. The van der Waals surface area contributed by atoms with Gasteiger partial charge in [-0.3, -0.25) is 0 Å². The summed E-state index contributed by atoms with van der Waals surface area (Å²) < 4.78 is 0. The predicted molar refractivity (Wildman–Crippen MR) is 83.0 cm³/mol. The molecular weight excluding hydrogens is 248 g/mol. The van der Waals surface area contributed by atoms with Gasteiger partial charge in [-0.15, -0.1) is 0 Å². The highest BCUT2D eigenvalue weighted by molar-refractivity contribution is 5.42. The van der Waals surface area contributed by atoms with Crippen LogP contribution in [0.15, 0.2) is 6.07 Å². The summed E-state index contributed by atoms with van der Waals surface area (Å²) in [6.45, 7) is 6.18. The molecule has 0 spiro atoms. The summed E-state index contributed by atoms with van der Waals surface area (Å²) in [7, 11) is 0. The summed E-state index contributed by atoms with van der Waals surface area (Å²) in [5.41, 5.74) is 1.02. The van der Waals surface area contributed by atoms with E-state index in [0.29, 0.717) is 0 Å². The SMILES string of the molecule is CCCNc1nc(C)cc(NCC2CC3CCC2C3)n1. The summed E-state index contributed by atoms with van der Waals surface area (Å²) in [6.07, 6.45) is 6.90.